The summed E-state index contributed by atoms with van der Waals surface area (Å²) in [5.74, 6) is 1.50. The minimum atomic E-state index is 0.634. The molecule has 0 saturated heterocycles. The zero-order chi connectivity index (χ0) is 11.5. The van der Waals surface area contributed by atoms with Crippen molar-refractivity contribution in [1.29, 1.82) is 0 Å². The third-order valence-corrected chi connectivity index (χ3v) is 3.51. The first-order valence-corrected chi connectivity index (χ1v) is 7.05. The molecule has 0 amide bonds. The molecule has 0 heteroatoms. The summed E-state index contributed by atoms with van der Waals surface area (Å²) in [5, 5.41) is 0. The molecular formula is C15H31. The summed E-state index contributed by atoms with van der Waals surface area (Å²) in [5.41, 5.74) is 0. The normalized spacial score (nSPS) is 13.4. The molecule has 0 aromatic carbocycles. The van der Waals surface area contributed by atoms with Gasteiger partial charge in [0.05, 0.1) is 0 Å². The highest BCUT2D eigenvalue weighted by Gasteiger charge is 2.09. The Balaban J connectivity index is 3.22. The zero-order valence-electron chi connectivity index (χ0n) is 11.2. The van der Waals surface area contributed by atoms with Gasteiger partial charge in [-0.3, -0.25) is 0 Å². The first-order valence-electron chi connectivity index (χ1n) is 7.05. The molecule has 91 valence electrons. The first kappa shape index (κ1) is 15.0. The van der Waals surface area contributed by atoms with Crippen LogP contribution in [0.25, 0.3) is 0 Å². The van der Waals surface area contributed by atoms with Crippen molar-refractivity contribution in [2.75, 3.05) is 0 Å². The quantitative estimate of drug-likeness (QED) is 0.411. The van der Waals surface area contributed by atoms with Crippen molar-refractivity contribution in [3.8, 4) is 0 Å². The summed E-state index contributed by atoms with van der Waals surface area (Å²) in [4.78, 5) is 0. The van der Waals surface area contributed by atoms with Gasteiger partial charge in [0.15, 0.2) is 0 Å². The average molecular weight is 211 g/mol. The van der Waals surface area contributed by atoms with Crippen LogP contribution in [0.1, 0.15) is 78.6 Å². The van der Waals surface area contributed by atoms with E-state index >= 15 is 0 Å². The Labute approximate surface area is 97.8 Å². The molecule has 0 nitrogen and oxygen atoms in total. The number of hydrogen-bond donors (Lipinski definition) is 0. The van der Waals surface area contributed by atoms with Crippen molar-refractivity contribution in [3.63, 3.8) is 0 Å². The summed E-state index contributed by atoms with van der Waals surface area (Å²) < 4.78 is 0. The summed E-state index contributed by atoms with van der Waals surface area (Å²) in [7, 11) is 0. The molecule has 0 aliphatic heterocycles. The third-order valence-electron chi connectivity index (χ3n) is 3.51. The standard InChI is InChI=1S/C15H31/c1-5-7-8-9-10-11-12-13-15(6-2)14(3)4/h14-15H,3,5-13H2,1-2,4H3. The molecule has 0 fully saturated rings. The van der Waals surface area contributed by atoms with Crippen LogP contribution in [0.3, 0.4) is 0 Å². The van der Waals surface area contributed by atoms with Gasteiger partial charge in [-0.05, 0) is 11.8 Å². The summed E-state index contributed by atoms with van der Waals surface area (Å²) in [6.45, 7) is 11.0. The predicted molar refractivity (Wildman–Crippen MR) is 70.9 cm³/mol. The Kier molecular flexibility index (Phi) is 10.5. The summed E-state index contributed by atoms with van der Waals surface area (Å²) in [6.07, 6.45) is 12.7. The molecule has 0 N–H and O–H groups in total. The molecule has 0 heterocycles. The molecule has 1 radical (unpaired) electrons. The molecular weight excluding hydrogens is 180 g/mol. The monoisotopic (exact) mass is 211 g/mol. The van der Waals surface area contributed by atoms with Crippen molar-refractivity contribution < 1.29 is 0 Å². The highest BCUT2D eigenvalue weighted by molar-refractivity contribution is 4.66. The minimum absolute atomic E-state index is 0.634. The topological polar surface area (TPSA) is 0 Å². The molecule has 0 aliphatic carbocycles. The van der Waals surface area contributed by atoms with E-state index < -0.39 is 0 Å². The van der Waals surface area contributed by atoms with Crippen molar-refractivity contribution in [3.05, 3.63) is 6.92 Å². The average Bonchev–Trinajstić information content (AvgIpc) is 2.21. The Morgan fingerprint density at radius 3 is 1.87 bits per heavy atom. The van der Waals surface area contributed by atoms with Crippen LogP contribution in [-0.2, 0) is 0 Å². The molecule has 0 aliphatic rings. The molecule has 0 bridgehead atoms. The second-order valence-corrected chi connectivity index (χ2v) is 5.06. The van der Waals surface area contributed by atoms with E-state index in [-0.39, 0.29) is 0 Å². The molecule has 0 aromatic rings. The van der Waals surface area contributed by atoms with Crippen molar-refractivity contribution in [2.45, 2.75) is 78.6 Å². The van der Waals surface area contributed by atoms with Crippen LogP contribution < -0.4 is 0 Å². The molecule has 0 aromatic heterocycles. The first-order chi connectivity index (χ1) is 7.22. The Morgan fingerprint density at radius 1 is 0.867 bits per heavy atom. The van der Waals surface area contributed by atoms with Gasteiger partial charge in [-0.15, -0.1) is 0 Å². The van der Waals surface area contributed by atoms with E-state index in [1.807, 2.05) is 0 Å². The van der Waals surface area contributed by atoms with Gasteiger partial charge >= 0.3 is 0 Å². The van der Waals surface area contributed by atoms with E-state index in [9.17, 15) is 0 Å². The van der Waals surface area contributed by atoms with Gasteiger partial charge in [-0.2, -0.15) is 0 Å². The predicted octanol–water partition coefficient (Wildman–Crippen LogP) is 5.62. The zero-order valence-corrected chi connectivity index (χ0v) is 11.2. The van der Waals surface area contributed by atoms with Gasteiger partial charge in [0.1, 0.15) is 0 Å². The Bertz CT molecular complexity index is 115. The SMILES string of the molecule is [CH2]C(C)C(CC)CCCCCCCCC. The molecule has 15 heavy (non-hydrogen) atoms. The van der Waals surface area contributed by atoms with Gasteiger partial charge in [0.2, 0.25) is 0 Å². The largest absolute Gasteiger partial charge is 0.0654 e. The van der Waals surface area contributed by atoms with Crippen LogP contribution in [-0.4, -0.2) is 0 Å². The lowest BCUT2D eigenvalue weighted by molar-refractivity contribution is 0.360. The fourth-order valence-electron chi connectivity index (χ4n) is 2.25. The highest BCUT2D eigenvalue weighted by atomic mass is 14.2. The molecule has 0 saturated carbocycles. The van der Waals surface area contributed by atoms with Crippen LogP contribution in [0.2, 0.25) is 0 Å². The number of hydrogen-bond acceptors (Lipinski definition) is 0. The van der Waals surface area contributed by atoms with Crippen molar-refractivity contribution >= 4 is 0 Å². The number of rotatable bonds is 10. The maximum absolute atomic E-state index is 4.15. The summed E-state index contributed by atoms with van der Waals surface area (Å²) >= 11 is 0. The maximum Gasteiger partial charge on any atom is -0.0391 e. The van der Waals surface area contributed by atoms with Crippen LogP contribution in [0, 0.1) is 18.8 Å². The fourth-order valence-corrected chi connectivity index (χ4v) is 2.25. The summed E-state index contributed by atoms with van der Waals surface area (Å²) in [6, 6.07) is 0. The van der Waals surface area contributed by atoms with E-state index in [2.05, 4.69) is 27.7 Å². The van der Waals surface area contributed by atoms with Gasteiger partial charge in [0.25, 0.3) is 0 Å². The van der Waals surface area contributed by atoms with E-state index in [1.165, 1.54) is 57.8 Å². The lowest BCUT2D eigenvalue weighted by atomic mass is 9.88. The second-order valence-electron chi connectivity index (χ2n) is 5.06. The Morgan fingerprint density at radius 2 is 1.40 bits per heavy atom. The lowest BCUT2D eigenvalue weighted by Gasteiger charge is -2.18. The molecule has 0 rings (SSSR count). The van der Waals surface area contributed by atoms with Crippen LogP contribution >= 0.6 is 0 Å². The van der Waals surface area contributed by atoms with Crippen molar-refractivity contribution in [1.82, 2.24) is 0 Å². The maximum atomic E-state index is 4.15. The van der Waals surface area contributed by atoms with E-state index in [1.54, 1.807) is 0 Å². The van der Waals surface area contributed by atoms with Crippen LogP contribution in [0.15, 0.2) is 0 Å². The second kappa shape index (κ2) is 10.5. The van der Waals surface area contributed by atoms with Gasteiger partial charge in [-0.25, -0.2) is 0 Å². The fraction of sp³-hybridized carbons (Fsp3) is 0.933. The van der Waals surface area contributed by atoms with Crippen LogP contribution in [0.4, 0.5) is 0 Å². The number of unbranched alkanes of at least 4 members (excludes halogenated alkanes) is 6. The van der Waals surface area contributed by atoms with E-state index in [0.29, 0.717) is 5.92 Å². The smallest absolute Gasteiger partial charge is 0.0391 e. The third kappa shape index (κ3) is 8.96. The minimum Gasteiger partial charge on any atom is -0.0654 e. The van der Waals surface area contributed by atoms with Gasteiger partial charge < -0.3 is 0 Å². The van der Waals surface area contributed by atoms with E-state index in [4.69, 9.17) is 0 Å². The van der Waals surface area contributed by atoms with E-state index in [0.717, 1.165) is 5.92 Å². The molecule has 2 atom stereocenters. The van der Waals surface area contributed by atoms with Crippen LogP contribution in [0.5, 0.6) is 0 Å². The molecule has 0 spiro atoms. The Hall–Kier alpha value is 0. The highest BCUT2D eigenvalue weighted by Crippen LogP contribution is 2.21. The van der Waals surface area contributed by atoms with Gasteiger partial charge in [-0.1, -0.05) is 85.5 Å². The molecule has 2 unspecified atom stereocenters. The lowest BCUT2D eigenvalue weighted by Crippen LogP contribution is -2.07. The van der Waals surface area contributed by atoms with Crippen molar-refractivity contribution in [2.24, 2.45) is 11.8 Å². The van der Waals surface area contributed by atoms with Gasteiger partial charge in [0, 0.05) is 0 Å².